The predicted octanol–water partition coefficient (Wildman–Crippen LogP) is 3.90. The number of aromatic nitrogens is 5. The molecule has 0 aliphatic rings. The molecule has 1 aromatic carbocycles. The number of anilines is 1. The lowest BCUT2D eigenvalue weighted by atomic mass is 10.2. The number of nitrogens with zero attached hydrogens (tertiary/aromatic N) is 5. The number of rotatable bonds is 6. The molecule has 28 heavy (non-hydrogen) atoms. The summed E-state index contributed by atoms with van der Waals surface area (Å²) in [5.74, 6) is 0.0726. The zero-order valence-corrected chi connectivity index (χ0v) is 16.4. The number of hydrogen-bond acceptors (Lipinski definition) is 7. The lowest BCUT2D eigenvalue weighted by Crippen LogP contribution is -2.24. The van der Waals surface area contributed by atoms with Crippen LogP contribution in [0.4, 0.5) is 9.52 Å². The maximum atomic E-state index is 13.2. The highest BCUT2D eigenvalue weighted by molar-refractivity contribution is 8.00. The van der Waals surface area contributed by atoms with Crippen LogP contribution in [0, 0.1) is 5.82 Å². The van der Waals surface area contributed by atoms with Crippen molar-refractivity contribution in [2.75, 3.05) is 5.32 Å². The first-order chi connectivity index (χ1) is 13.6. The van der Waals surface area contributed by atoms with E-state index in [4.69, 9.17) is 0 Å². The number of halogens is 1. The third-order valence-corrected chi connectivity index (χ3v) is 5.91. The Morgan fingerprint density at radius 1 is 1.25 bits per heavy atom. The second-order valence-corrected chi connectivity index (χ2v) is 7.93. The molecular weight excluding hydrogens is 399 g/mol. The van der Waals surface area contributed by atoms with E-state index in [1.165, 1.54) is 35.2 Å². The Balaban J connectivity index is 1.59. The molecule has 0 aliphatic carbocycles. The molecule has 0 unspecified atom stereocenters. The van der Waals surface area contributed by atoms with Gasteiger partial charge >= 0.3 is 0 Å². The first kappa shape index (κ1) is 18.5. The van der Waals surface area contributed by atoms with E-state index in [1.807, 2.05) is 18.4 Å². The highest BCUT2D eigenvalue weighted by atomic mass is 32.2. The Bertz CT molecular complexity index is 1100. The smallest absolute Gasteiger partial charge is 0.239 e. The van der Waals surface area contributed by atoms with Crippen molar-refractivity contribution in [3.8, 4) is 11.4 Å². The quantitative estimate of drug-likeness (QED) is 0.482. The highest BCUT2D eigenvalue weighted by Gasteiger charge is 2.20. The van der Waals surface area contributed by atoms with E-state index in [1.54, 1.807) is 28.9 Å². The molecule has 142 valence electrons. The van der Waals surface area contributed by atoms with E-state index < -0.39 is 0 Å². The van der Waals surface area contributed by atoms with Crippen molar-refractivity contribution >= 4 is 39.8 Å². The van der Waals surface area contributed by atoms with Crippen LogP contribution >= 0.6 is 23.1 Å². The first-order valence-electron chi connectivity index (χ1n) is 8.49. The Hall–Kier alpha value is -2.85. The highest BCUT2D eigenvalue weighted by Crippen LogP contribution is 2.26. The largest absolute Gasteiger partial charge is 0.301 e. The van der Waals surface area contributed by atoms with Crippen molar-refractivity contribution in [3.63, 3.8) is 0 Å². The van der Waals surface area contributed by atoms with Crippen LogP contribution in [0.2, 0.25) is 0 Å². The van der Waals surface area contributed by atoms with Gasteiger partial charge in [0.1, 0.15) is 10.8 Å². The summed E-state index contributed by atoms with van der Waals surface area (Å²) >= 11 is 2.73. The average molecular weight is 414 g/mol. The second-order valence-electron chi connectivity index (χ2n) is 5.81. The van der Waals surface area contributed by atoms with Crippen molar-refractivity contribution in [1.29, 1.82) is 0 Å². The number of amides is 1. The number of fused-ring (bicyclic) bond motifs is 1. The summed E-state index contributed by atoms with van der Waals surface area (Å²) in [5.41, 5.74) is 1.28. The van der Waals surface area contributed by atoms with Gasteiger partial charge < -0.3 is 5.32 Å². The molecule has 1 N–H and O–H groups in total. The maximum absolute atomic E-state index is 13.2. The molecule has 0 fully saturated rings. The van der Waals surface area contributed by atoms with E-state index in [2.05, 4.69) is 25.6 Å². The molecule has 10 heteroatoms. The third-order valence-electron chi connectivity index (χ3n) is 3.93. The van der Waals surface area contributed by atoms with Gasteiger partial charge in [-0.25, -0.2) is 9.37 Å². The molecule has 1 atom stereocenters. The summed E-state index contributed by atoms with van der Waals surface area (Å²) in [5, 5.41) is 18.4. The molecule has 1 amide bonds. The Kier molecular flexibility index (Phi) is 5.31. The van der Waals surface area contributed by atoms with Crippen LogP contribution in [0.3, 0.4) is 0 Å². The van der Waals surface area contributed by atoms with Crippen LogP contribution in [-0.4, -0.2) is 36.0 Å². The number of thiazole rings is 1. The normalized spacial score (nSPS) is 12.2. The Morgan fingerprint density at radius 2 is 2.07 bits per heavy atom. The fourth-order valence-corrected chi connectivity index (χ4v) is 3.98. The number of carbonyl (C=O) groups is 1. The molecule has 4 rings (SSSR count). The number of benzene rings is 1. The van der Waals surface area contributed by atoms with Crippen molar-refractivity contribution < 1.29 is 9.18 Å². The minimum Gasteiger partial charge on any atom is -0.301 e. The third kappa shape index (κ3) is 3.87. The standard InChI is InChI=1S/C18H15FN6OS2/c1-2-13(17(26)21-18-20-9-10-27-18)28-15-8-7-14-22-23-16(25(14)24-15)11-3-5-12(19)6-4-11/h3-10,13H,2H2,1H3,(H,20,21,26)/t13-/m1/s1. The van der Waals surface area contributed by atoms with E-state index in [0.717, 1.165) is 0 Å². The van der Waals surface area contributed by atoms with E-state index >= 15 is 0 Å². The van der Waals surface area contributed by atoms with Gasteiger partial charge in [-0.2, -0.15) is 9.61 Å². The molecular formula is C18H15FN6OS2. The Morgan fingerprint density at radius 3 is 2.79 bits per heavy atom. The number of thioether (sulfide) groups is 1. The monoisotopic (exact) mass is 414 g/mol. The van der Waals surface area contributed by atoms with Gasteiger partial charge in [0.05, 0.1) is 5.25 Å². The topological polar surface area (TPSA) is 85.1 Å². The van der Waals surface area contributed by atoms with Gasteiger partial charge in [0.25, 0.3) is 0 Å². The van der Waals surface area contributed by atoms with Crippen LogP contribution in [0.1, 0.15) is 13.3 Å². The first-order valence-corrected chi connectivity index (χ1v) is 10.3. The summed E-state index contributed by atoms with van der Waals surface area (Å²) < 4.78 is 14.8. The minimum absolute atomic E-state index is 0.119. The van der Waals surface area contributed by atoms with E-state index in [9.17, 15) is 9.18 Å². The number of nitrogens with one attached hydrogen (secondary N) is 1. The predicted molar refractivity (Wildman–Crippen MR) is 107 cm³/mol. The number of carbonyl (C=O) groups excluding carboxylic acids is 1. The van der Waals surface area contributed by atoms with Gasteiger partial charge in [0.15, 0.2) is 16.6 Å². The second kappa shape index (κ2) is 8.03. The molecule has 3 heterocycles. The molecule has 0 spiro atoms. The number of hydrogen-bond donors (Lipinski definition) is 1. The van der Waals surface area contributed by atoms with Crippen molar-refractivity contribution in [2.45, 2.75) is 23.6 Å². The van der Waals surface area contributed by atoms with Crippen LogP contribution in [0.15, 0.2) is 53.0 Å². The lowest BCUT2D eigenvalue weighted by molar-refractivity contribution is -0.115. The van der Waals surface area contributed by atoms with E-state index in [-0.39, 0.29) is 17.0 Å². The van der Waals surface area contributed by atoms with Gasteiger partial charge in [-0.15, -0.1) is 21.5 Å². The van der Waals surface area contributed by atoms with Crippen LogP contribution < -0.4 is 5.32 Å². The van der Waals surface area contributed by atoms with Gasteiger partial charge in [0, 0.05) is 17.1 Å². The fraction of sp³-hybridized carbons (Fsp3) is 0.167. The van der Waals surface area contributed by atoms with Crippen molar-refractivity contribution in [1.82, 2.24) is 24.8 Å². The fourth-order valence-electron chi connectivity index (χ4n) is 2.55. The van der Waals surface area contributed by atoms with Crippen LogP contribution in [0.25, 0.3) is 17.0 Å². The van der Waals surface area contributed by atoms with Gasteiger partial charge in [-0.3, -0.25) is 4.79 Å². The molecule has 3 aromatic heterocycles. The summed E-state index contributed by atoms with van der Waals surface area (Å²) in [6.07, 6.45) is 2.28. The molecule has 7 nitrogen and oxygen atoms in total. The van der Waals surface area contributed by atoms with Crippen molar-refractivity contribution in [2.24, 2.45) is 0 Å². The molecule has 0 aliphatic heterocycles. The van der Waals surface area contributed by atoms with E-state index in [0.29, 0.717) is 33.6 Å². The molecule has 0 saturated heterocycles. The summed E-state index contributed by atoms with van der Waals surface area (Å²) in [4.78, 5) is 16.6. The molecule has 0 saturated carbocycles. The SMILES string of the molecule is CC[C@@H](Sc1ccc2nnc(-c3ccc(F)cc3)n2n1)C(=O)Nc1nccs1. The molecule has 0 bridgehead atoms. The summed E-state index contributed by atoms with van der Waals surface area (Å²) in [6.45, 7) is 1.94. The summed E-state index contributed by atoms with van der Waals surface area (Å²) in [6, 6.07) is 9.59. The lowest BCUT2D eigenvalue weighted by Gasteiger charge is -2.13. The van der Waals surface area contributed by atoms with Crippen LogP contribution in [-0.2, 0) is 4.79 Å². The molecule has 4 aromatic rings. The van der Waals surface area contributed by atoms with Gasteiger partial charge in [-0.05, 0) is 42.8 Å². The molecule has 0 radical (unpaired) electrons. The minimum atomic E-state index is -0.321. The van der Waals surface area contributed by atoms with Gasteiger partial charge in [-0.1, -0.05) is 18.7 Å². The summed E-state index contributed by atoms with van der Waals surface area (Å²) in [7, 11) is 0. The zero-order chi connectivity index (χ0) is 19.5. The Labute approximate surface area is 168 Å². The van der Waals surface area contributed by atoms with Crippen LogP contribution in [0.5, 0.6) is 0 Å². The average Bonchev–Trinajstić information content (AvgIpc) is 3.36. The zero-order valence-electron chi connectivity index (χ0n) is 14.7. The van der Waals surface area contributed by atoms with Crippen molar-refractivity contribution in [3.05, 3.63) is 53.8 Å². The van der Waals surface area contributed by atoms with Gasteiger partial charge in [0.2, 0.25) is 5.91 Å². The maximum Gasteiger partial charge on any atom is 0.239 e.